The van der Waals surface area contributed by atoms with Crippen molar-refractivity contribution in [3.63, 3.8) is 0 Å². The summed E-state index contributed by atoms with van der Waals surface area (Å²) in [6, 6.07) is 5.60. The van der Waals surface area contributed by atoms with E-state index in [1.165, 1.54) is 6.33 Å². The highest BCUT2D eigenvalue weighted by atomic mass is 16.5. The van der Waals surface area contributed by atoms with Gasteiger partial charge in [0.2, 0.25) is 5.91 Å². The summed E-state index contributed by atoms with van der Waals surface area (Å²) in [5.41, 5.74) is 3.80. The Labute approximate surface area is 164 Å². The van der Waals surface area contributed by atoms with Crippen LogP contribution in [0.25, 0.3) is 5.78 Å². The van der Waals surface area contributed by atoms with Crippen molar-refractivity contribution in [2.45, 2.75) is 33.2 Å². The zero-order valence-corrected chi connectivity index (χ0v) is 16.9. The maximum Gasteiger partial charge on any atom is 0.252 e. The van der Waals surface area contributed by atoms with Gasteiger partial charge in [0, 0.05) is 43.0 Å². The summed E-state index contributed by atoms with van der Waals surface area (Å²) in [5.74, 6) is 2.05. The summed E-state index contributed by atoms with van der Waals surface area (Å²) in [5, 5.41) is 4.19. The van der Waals surface area contributed by atoms with Crippen LogP contribution in [0.2, 0.25) is 0 Å². The van der Waals surface area contributed by atoms with Crippen LogP contribution in [0.4, 0.5) is 0 Å². The number of carbonyl (C=O) groups is 1. The third kappa shape index (κ3) is 3.90. The second-order valence-corrected chi connectivity index (χ2v) is 6.66. The molecule has 0 aliphatic heterocycles. The lowest BCUT2D eigenvalue weighted by molar-refractivity contribution is -0.130. The zero-order valence-electron chi connectivity index (χ0n) is 16.9. The molecule has 0 aliphatic carbocycles. The highest BCUT2D eigenvalue weighted by molar-refractivity contribution is 5.76. The molecule has 8 heteroatoms. The third-order valence-corrected chi connectivity index (χ3v) is 4.91. The molecule has 3 rings (SSSR count). The molecule has 0 radical (unpaired) electrons. The Morgan fingerprint density at radius 1 is 1.21 bits per heavy atom. The van der Waals surface area contributed by atoms with E-state index in [1.54, 1.807) is 30.7 Å². The molecule has 28 heavy (non-hydrogen) atoms. The summed E-state index contributed by atoms with van der Waals surface area (Å²) >= 11 is 0. The summed E-state index contributed by atoms with van der Waals surface area (Å²) in [6.07, 6.45) is 2.47. The van der Waals surface area contributed by atoms with Crippen molar-refractivity contribution in [1.82, 2.24) is 24.5 Å². The van der Waals surface area contributed by atoms with E-state index in [2.05, 4.69) is 15.1 Å². The number of benzene rings is 1. The molecule has 0 N–H and O–H groups in total. The van der Waals surface area contributed by atoms with Crippen LogP contribution in [-0.4, -0.2) is 51.7 Å². The van der Waals surface area contributed by atoms with E-state index >= 15 is 0 Å². The average Bonchev–Trinajstić information content (AvgIpc) is 3.16. The van der Waals surface area contributed by atoms with Gasteiger partial charge in [0.05, 0.1) is 14.2 Å². The molecule has 0 saturated carbocycles. The average molecular weight is 383 g/mol. The van der Waals surface area contributed by atoms with Gasteiger partial charge >= 0.3 is 0 Å². The van der Waals surface area contributed by atoms with Crippen molar-refractivity contribution >= 4 is 11.7 Å². The highest BCUT2D eigenvalue weighted by Gasteiger charge is 2.16. The number of nitrogens with zero attached hydrogens (tertiary/aromatic N) is 5. The van der Waals surface area contributed by atoms with E-state index in [9.17, 15) is 4.79 Å². The fourth-order valence-electron chi connectivity index (χ4n) is 3.27. The van der Waals surface area contributed by atoms with Crippen molar-refractivity contribution in [3.8, 4) is 11.5 Å². The van der Waals surface area contributed by atoms with Crippen LogP contribution >= 0.6 is 0 Å². The molecule has 0 aliphatic rings. The number of aryl methyl sites for hydroxylation is 2. The number of fused-ring (bicyclic) bond motifs is 1. The Bertz CT molecular complexity index is 999. The first-order valence-corrected chi connectivity index (χ1v) is 9.05. The van der Waals surface area contributed by atoms with Gasteiger partial charge in [-0.25, -0.2) is 9.50 Å². The third-order valence-electron chi connectivity index (χ3n) is 4.91. The normalized spacial score (nSPS) is 10.9. The number of aromatic nitrogens is 4. The Morgan fingerprint density at radius 3 is 2.71 bits per heavy atom. The van der Waals surface area contributed by atoms with Gasteiger partial charge in [-0.15, -0.1) is 0 Å². The molecule has 0 saturated heterocycles. The van der Waals surface area contributed by atoms with Gasteiger partial charge < -0.3 is 14.4 Å². The van der Waals surface area contributed by atoms with Crippen LogP contribution in [0, 0.1) is 13.8 Å². The summed E-state index contributed by atoms with van der Waals surface area (Å²) in [4.78, 5) is 23.0. The predicted molar refractivity (Wildman–Crippen MR) is 105 cm³/mol. The number of rotatable bonds is 7. The number of ether oxygens (including phenoxy) is 2. The molecular formula is C20H25N5O3. The minimum absolute atomic E-state index is 0.0513. The van der Waals surface area contributed by atoms with E-state index in [0.717, 1.165) is 28.3 Å². The van der Waals surface area contributed by atoms with Crippen LogP contribution < -0.4 is 9.47 Å². The number of amides is 1. The van der Waals surface area contributed by atoms with Crippen molar-refractivity contribution in [2.75, 3.05) is 21.3 Å². The minimum Gasteiger partial charge on any atom is -0.497 e. The fourth-order valence-corrected chi connectivity index (χ4v) is 3.27. The summed E-state index contributed by atoms with van der Waals surface area (Å²) in [6.45, 7) is 4.37. The summed E-state index contributed by atoms with van der Waals surface area (Å²) in [7, 11) is 5.02. The first-order chi connectivity index (χ1) is 13.4. The lowest BCUT2D eigenvalue weighted by Crippen LogP contribution is -2.27. The van der Waals surface area contributed by atoms with Crippen molar-refractivity contribution < 1.29 is 14.3 Å². The molecule has 2 aromatic heterocycles. The molecule has 3 aromatic rings. The smallest absolute Gasteiger partial charge is 0.252 e. The molecule has 0 fully saturated rings. The molecular weight excluding hydrogens is 358 g/mol. The molecule has 1 aromatic carbocycles. The minimum atomic E-state index is 0.0513. The maximum atomic E-state index is 12.7. The highest BCUT2D eigenvalue weighted by Crippen LogP contribution is 2.25. The predicted octanol–water partition coefficient (Wildman–Crippen LogP) is 2.35. The van der Waals surface area contributed by atoms with Crippen LogP contribution in [0.5, 0.6) is 11.5 Å². The SMILES string of the molecule is COc1ccc(CN(C)C(=O)CCc2c(C)nc3ncnn3c2C)c(OC)c1. The van der Waals surface area contributed by atoms with Crippen molar-refractivity contribution in [3.05, 3.63) is 47.0 Å². The van der Waals surface area contributed by atoms with Gasteiger partial charge in [0.25, 0.3) is 5.78 Å². The Balaban J connectivity index is 1.68. The number of methoxy groups -OCH3 is 2. The van der Waals surface area contributed by atoms with E-state index in [0.29, 0.717) is 30.9 Å². The lowest BCUT2D eigenvalue weighted by atomic mass is 10.1. The Kier molecular flexibility index (Phi) is 5.77. The van der Waals surface area contributed by atoms with Crippen LogP contribution in [0.1, 0.15) is 28.9 Å². The Hall–Kier alpha value is -3.16. The molecule has 1 amide bonds. The first kappa shape index (κ1) is 19.6. The summed E-state index contributed by atoms with van der Waals surface area (Å²) < 4.78 is 12.3. The second-order valence-electron chi connectivity index (χ2n) is 6.66. The van der Waals surface area contributed by atoms with E-state index < -0.39 is 0 Å². The van der Waals surface area contributed by atoms with Gasteiger partial charge in [-0.3, -0.25) is 4.79 Å². The number of hydrogen-bond donors (Lipinski definition) is 0. The topological polar surface area (TPSA) is 81.9 Å². The molecule has 8 nitrogen and oxygen atoms in total. The van der Waals surface area contributed by atoms with E-state index in [4.69, 9.17) is 9.47 Å². The van der Waals surface area contributed by atoms with E-state index in [-0.39, 0.29) is 5.91 Å². The monoisotopic (exact) mass is 383 g/mol. The largest absolute Gasteiger partial charge is 0.497 e. The number of carbonyl (C=O) groups excluding carboxylic acids is 1. The van der Waals surface area contributed by atoms with Gasteiger partial charge in [-0.2, -0.15) is 10.1 Å². The molecule has 0 bridgehead atoms. The molecule has 148 valence electrons. The lowest BCUT2D eigenvalue weighted by Gasteiger charge is -2.20. The van der Waals surface area contributed by atoms with Crippen LogP contribution in [0.15, 0.2) is 24.5 Å². The van der Waals surface area contributed by atoms with Crippen molar-refractivity contribution in [2.24, 2.45) is 0 Å². The molecule has 0 unspecified atom stereocenters. The zero-order chi connectivity index (χ0) is 20.3. The van der Waals surface area contributed by atoms with Crippen LogP contribution in [0.3, 0.4) is 0 Å². The standard InChI is InChI=1S/C20H25N5O3/c1-13-17(14(2)25-20(23-13)21-12-22-25)8-9-19(26)24(3)11-15-6-7-16(27-4)10-18(15)28-5/h6-7,10,12H,8-9,11H2,1-5H3. The Morgan fingerprint density at radius 2 is 2.00 bits per heavy atom. The first-order valence-electron chi connectivity index (χ1n) is 9.05. The number of hydrogen-bond acceptors (Lipinski definition) is 6. The van der Waals surface area contributed by atoms with Gasteiger partial charge in [0.15, 0.2) is 0 Å². The van der Waals surface area contributed by atoms with Gasteiger partial charge in [0.1, 0.15) is 17.8 Å². The van der Waals surface area contributed by atoms with Gasteiger partial charge in [-0.1, -0.05) is 0 Å². The quantitative estimate of drug-likeness (QED) is 0.623. The van der Waals surface area contributed by atoms with Crippen molar-refractivity contribution in [1.29, 1.82) is 0 Å². The van der Waals surface area contributed by atoms with E-state index in [1.807, 2.05) is 32.0 Å². The van der Waals surface area contributed by atoms with Crippen LogP contribution in [-0.2, 0) is 17.8 Å². The molecule has 0 atom stereocenters. The molecule has 0 spiro atoms. The maximum absolute atomic E-state index is 12.7. The molecule has 2 heterocycles. The second kappa shape index (κ2) is 8.24. The fraction of sp³-hybridized carbons (Fsp3) is 0.400. The van der Waals surface area contributed by atoms with Gasteiger partial charge in [-0.05, 0) is 38.0 Å².